The van der Waals surface area contributed by atoms with Gasteiger partial charge >= 0.3 is 0 Å². The molecule has 3 N–H and O–H groups in total. The number of allylic oxidation sites excluding steroid dienone is 3. The average molecular weight is 475 g/mol. The predicted molar refractivity (Wildman–Crippen MR) is 145 cm³/mol. The van der Waals surface area contributed by atoms with Crippen LogP contribution in [-0.4, -0.2) is 33.1 Å². The summed E-state index contributed by atoms with van der Waals surface area (Å²) in [5.41, 5.74) is 1.75. The molecule has 0 saturated heterocycles. The van der Waals surface area contributed by atoms with Crippen LogP contribution in [0.2, 0.25) is 0 Å². The van der Waals surface area contributed by atoms with Gasteiger partial charge in [-0.3, -0.25) is 0 Å². The highest BCUT2D eigenvalue weighted by molar-refractivity contribution is 5.37. The molecule has 2 saturated carbocycles. The van der Waals surface area contributed by atoms with Gasteiger partial charge in [-0.25, -0.2) is 0 Å². The molecule has 1 unspecified atom stereocenters. The summed E-state index contributed by atoms with van der Waals surface area (Å²) < 4.78 is 0. The topological polar surface area (TPSA) is 60.7 Å². The Hall–Kier alpha value is -0.900. The van der Waals surface area contributed by atoms with Gasteiger partial charge in [-0.15, -0.1) is 0 Å². The monoisotopic (exact) mass is 474 g/mol. The fourth-order valence-electron chi connectivity index (χ4n) is 6.71. The maximum Gasteiger partial charge on any atom is 0.0811 e. The van der Waals surface area contributed by atoms with Crippen LogP contribution in [0.4, 0.5) is 0 Å². The maximum atomic E-state index is 10.6. The number of aliphatic hydroxyl groups excluding tert-OH is 2. The molecule has 34 heavy (non-hydrogen) atoms. The van der Waals surface area contributed by atoms with E-state index < -0.39 is 17.8 Å². The van der Waals surface area contributed by atoms with Crippen LogP contribution in [0, 0.1) is 28.6 Å². The first kappa shape index (κ1) is 29.3. The maximum absolute atomic E-state index is 10.6. The molecule has 196 valence electrons. The third-order valence-corrected chi connectivity index (χ3v) is 10.3. The lowest BCUT2D eigenvalue weighted by Gasteiger charge is -2.46. The molecule has 0 spiro atoms. The zero-order chi connectivity index (χ0) is 25.7. The van der Waals surface area contributed by atoms with Crippen molar-refractivity contribution in [1.82, 2.24) is 0 Å². The van der Waals surface area contributed by atoms with Crippen molar-refractivity contribution in [3.63, 3.8) is 0 Å². The zero-order valence-corrected chi connectivity index (χ0v) is 23.2. The summed E-state index contributed by atoms with van der Waals surface area (Å²) in [6, 6.07) is 0. The molecule has 0 aromatic carbocycles. The lowest BCUT2D eigenvalue weighted by atomic mass is 9.58. The van der Waals surface area contributed by atoms with Crippen molar-refractivity contribution in [1.29, 1.82) is 0 Å². The van der Waals surface area contributed by atoms with E-state index in [4.69, 9.17) is 0 Å². The van der Waals surface area contributed by atoms with Crippen LogP contribution in [0.3, 0.4) is 0 Å². The van der Waals surface area contributed by atoms with Crippen molar-refractivity contribution in [2.24, 2.45) is 28.6 Å². The van der Waals surface area contributed by atoms with Crippen molar-refractivity contribution >= 4 is 0 Å². The summed E-state index contributed by atoms with van der Waals surface area (Å²) >= 11 is 0. The average Bonchev–Trinajstić information content (AvgIpc) is 3.01. The van der Waals surface area contributed by atoms with Crippen LogP contribution in [-0.2, 0) is 0 Å². The van der Waals surface area contributed by atoms with Gasteiger partial charge in [0.2, 0.25) is 0 Å². The molecule has 0 aromatic rings. The molecular formula is C31H54O3. The molecule has 2 fully saturated rings. The van der Waals surface area contributed by atoms with Crippen molar-refractivity contribution in [2.75, 3.05) is 0 Å². The van der Waals surface area contributed by atoms with Crippen LogP contribution >= 0.6 is 0 Å². The number of rotatable bonds is 11. The Morgan fingerprint density at radius 3 is 2.41 bits per heavy atom. The number of aliphatic hydroxyl groups is 3. The van der Waals surface area contributed by atoms with E-state index >= 15 is 0 Å². The first-order valence-corrected chi connectivity index (χ1v) is 13.9. The summed E-state index contributed by atoms with van der Waals surface area (Å²) in [5, 5.41) is 30.7. The van der Waals surface area contributed by atoms with E-state index in [9.17, 15) is 15.3 Å². The summed E-state index contributed by atoms with van der Waals surface area (Å²) in [6.45, 7) is 20.5. The third-order valence-electron chi connectivity index (χ3n) is 10.3. The largest absolute Gasteiger partial charge is 0.393 e. The van der Waals surface area contributed by atoms with Gasteiger partial charge in [-0.1, -0.05) is 86.1 Å². The van der Waals surface area contributed by atoms with Crippen molar-refractivity contribution in [2.45, 2.75) is 130 Å². The fraction of sp³-hybridized carbons (Fsp3) is 0.806. The van der Waals surface area contributed by atoms with Gasteiger partial charge < -0.3 is 15.3 Å². The molecular weight excluding hydrogens is 420 g/mol. The molecule has 0 aromatic heterocycles. The Labute approximate surface area is 210 Å². The highest BCUT2D eigenvalue weighted by atomic mass is 16.3. The van der Waals surface area contributed by atoms with E-state index in [0.717, 1.165) is 36.8 Å². The number of hydrogen-bond acceptors (Lipinski definition) is 3. The Kier molecular flexibility index (Phi) is 10.3. The first-order chi connectivity index (χ1) is 15.8. The van der Waals surface area contributed by atoms with Crippen LogP contribution < -0.4 is 0 Å². The predicted octanol–water partition coefficient (Wildman–Crippen LogP) is 7.37. The van der Waals surface area contributed by atoms with E-state index in [-0.39, 0.29) is 10.8 Å². The molecule has 0 bridgehead atoms. The second-order valence-electron chi connectivity index (χ2n) is 12.6. The second kappa shape index (κ2) is 11.9. The molecule has 0 aliphatic heterocycles. The standard InChI is InChI=1S/C31H54O3/c1-9-31(34,10-2)17-12-13-22(3)19-23(4)30(8)18-16-26(29(30,6)7)15-11-14-25-20-27(32)21-28(33)24(25)5/h11,14-15,22-23,26-28,32-34H,5,9-10,12-13,16-21H2,1-4,6-8H3/b15-11+,25-14-/t22?,23-,26+,27+,28-,30+/m0/s1. The molecule has 0 radical (unpaired) electrons. The van der Waals surface area contributed by atoms with Gasteiger partial charge in [-0.2, -0.15) is 0 Å². The highest BCUT2D eigenvalue weighted by Gasteiger charge is 2.52. The van der Waals surface area contributed by atoms with E-state index in [1.807, 2.05) is 0 Å². The van der Waals surface area contributed by atoms with E-state index in [1.54, 1.807) is 0 Å². The molecule has 3 heteroatoms. The smallest absolute Gasteiger partial charge is 0.0811 e. The van der Waals surface area contributed by atoms with E-state index in [2.05, 4.69) is 73.3 Å². The van der Waals surface area contributed by atoms with Gasteiger partial charge in [0.05, 0.1) is 17.8 Å². The second-order valence-corrected chi connectivity index (χ2v) is 12.6. The normalized spacial score (nSPS) is 33.1. The lowest BCUT2D eigenvalue weighted by molar-refractivity contribution is 0.0174. The van der Waals surface area contributed by atoms with Crippen LogP contribution in [0.5, 0.6) is 0 Å². The van der Waals surface area contributed by atoms with Crippen molar-refractivity contribution < 1.29 is 15.3 Å². The molecule has 2 rings (SSSR count). The third kappa shape index (κ3) is 6.65. The van der Waals surface area contributed by atoms with Crippen molar-refractivity contribution in [3.8, 4) is 0 Å². The minimum Gasteiger partial charge on any atom is -0.393 e. The van der Waals surface area contributed by atoms with Crippen LogP contribution in [0.15, 0.2) is 36.0 Å². The molecule has 0 heterocycles. The summed E-state index contributed by atoms with van der Waals surface area (Å²) in [6.07, 6.45) is 15.0. The van der Waals surface area contributed by atoms with Gasteiger partial charge in [-0.05, 0) is 84.7 Å². The quantitative estimate of drug-likeness (QED) is 0.293. The van der Waals surface area contributed by atoms with Gasteiger partial charge in [0.1, 0.15) is 0 Å². The van der Waals surface area contributed by atoms with Crippen LogP contribution in [0.25, 0.3) is 0 Å². The zero-order valence-electron chi connectivity index (χ0n) is 23.2. The Balaban J connectivity index is 1.97. The molecule has 0 amide bonds. The van der Waals surface area contributed by atoms with Gasteiger partial charge in [0, 0.05) is 6.42 Å². The minimum absolute atomic E-state index is 0.203. The Bertz CT molecular complexity index is 729. The molecule has 2 aliphatic rings. The van der Waals surface area contributed by atoms with Crippen molar-refractivity contribution in [3.05, 3.63) is 36.0 Å². The molecule has 6 atom stereocenters. The Morgan fingerprint density at radius 1 is 1.15 bits per heavy atom. The SMILES string of the molecule is C=C1/C(=C\C=C\[C@@H]2CC[C@](C)([C@@H](C)CC(C)CCCC(O)(CC)CC)C2(C)C)C[C@@H](O)C[C@@H]1O. The van der Waals surface area contributed by atoms with E-state index in [1.165, 1.54) is 25.7 Å². The lowest BCUT2D eigenvalue weighted by Crippen LogP contribution is -2.39. The fourth-order valence-corrected chi connectivity index (χ4v) is 6.71. The Morgan fingerprint density at radius 2 is 1.79 bits per heavy atom. The van der Waals surface area contributed by atoms with E-state index in [0.29, 0.717) is 30.6 Å². The molecule has 2 aliphatic carbocycles. The van der Waals surface area contributed by atoms with Gasteiger partial charge in [0.15, 0.2) is 0 Å². The first-order valence-electron chi connectivity index (χ1n) is 13.9. The number of hydrogen-bond donors (Lipinski definition) is 3. The highest BCUT2D eigenvalue weighted by Crippen LogP contribution is 2.61. The summed E-state index contributed by atoms with van der Waals surface area (Å²) in [5.74, 6) is 1.84. The molecule has 3 nitrogen and oxygen atoms in total. The summed E-state index contributed by atoms with van der Waals surface area (Å²) in [4.78, 5) is 0. The summed E-state index contributed by atoms with van der Waals surface area (Å²) in [7, 11) is 0. The van der Waals surface area contributed by atoms with Gasteiger partial charge in [0.25, 0.3) is 0 Å². The van der Waals surface area contributed by atoms with Crippen LogP contribution in [0.1, 0.15) is 113 Å². The minimum atomic E-state index is -0.629.